The second-order valence-corrected chi connectivity index (χ2v) is 9.00. The summed E-state index contributed by atoms with van der Waals surface area (Å²) >= 11 is 1.93. The largest absolute Gasteiger partial charge is 0.481 e. The van der Waals surface area contributed by atoms with Gasteiger partial charge in [0.15, 0.2) is 0 Å². The second-order valence-electron chi connectivity index (χ2n) is 7.19. The van der Waals surface area contributed by atoms with Gasteiger partial charge >= 0.3 is 5.97 Å². The van der Waals surface area contributed by atoms with Crippen molar-refractivity contribution in [1.82, 2.24) is 4.90 Å². The Kier molecular flexibility index (Phi) is 5.23. The molecule has 1 amide bonds. The van der Waals surface area contributed by atoms with Crippen LogP contribution in [0.15, 0.2) is 0 Å². The van der Waals surface area contributed by atoms with Gasteiger partial charge < -0.3 is 10.0 Å². The lowest BCUT2D eigenvalue weighted by molar-refractivity contribution is -0.141. The van der Waals surface area contributed by atoms with Crippen LogP contribution in [-0.2, 0) is 9.59 Å². The fourth-order valence-corrected chi connectivity index (χ4v) is 4.66. The van der Waals surface area contributed by atoms with Crippen LogP contribution in [-0.4, -0.2) is 45.5 Å². The molecule has 1 aliphatic carbocycles. The molecule has 0 aromatic carbocycles. The topological polar surface area (TPSA) is 57.6 Å². The first-order valence-corrected chi connectivity index (χ1v) is 8.94. The van der Waals surface area contributed by atoms with Crippen molar-refractivity contribution in [2.45, 2.75) is 63.5 Å². The highest BCUT2D eigenvalue weighted by Crippen LogP contribution is 2.44. The average Bonchev–Trinajstić information content (AvgIpc) is 2.71. The summed E-state index contributed by atoms with van der Waals surface area (Å²) in [5.41, 5.74) is -0.280. The first-order chi connectivity index (χ1) is 9.82. The van der Waals surface area contributed by atoms with Gasteiger partial charge in [-0.3, -0.25) is 9.59 Å². The normalized spacial score (nSPS) is 24.6. The van der Waals surface area contributed by atoms with Gasteiger partial charge in [-0.15, -0.1) is 0 Å². The van der Waals surface area contributed by atoms with Crippen LogP contribution in [0.1, 0.15) is 58.8 Å². The first-order valence-electron chi connectivity index (χ1n) is 7.96. The third kappa shape index (κ3) is 4.63. The Balaban J connectivity index is 1.97. The summed E-state index contributed by atoms with van der Waals surface area (Å²) < 4.78 is 0.237. The molecule has 2 aliphatic rings. The number of carboxylic acids is 1. The second kappa shape index (κ2) is 6.59. The van der Waals surface area contributed by atoms with E-state index in [1.807, 2.05) is 16.7 Å². The summed E-state index contributed by atoms with van der Waals surface area (Å²) in [6.45, 7) is 6.07. The van der Waals surface area contributed by atoms with Crippen LogP contribution in [0.2, 0.25) is 0 Å². The standard InChI is InChI=1S/C16H27NO3S/c1-15(2)7-8-17(9-10-21-15)13(18)11-16(12-14(19)20)5-3-4-6-16/h3-12H2,1-2H3,(H,19,20). The number of carbonyl (C=O) groups is 2. The van der Waals surface area contributed by atoms with Crippen LogP contribution in [0.5, 0.6) is 0 Å². The molecule has 1 saturated carbocycles. The molecular weight excluding hydrogens is 286 g/mol. The molecule has 1 heterocycles. The first kappa shape index (κ1) is 16.7. The highest BCUT2D eigenvalue weighted by Gasteiger charge is 2.39. The highest BCUT2D eigenvalue weighted by atomic mass is 32.2. The molecule has 1 aliphatic heterocycles. The van der Waals surface area contributed by atoms with Gasteiger partial charge in [-0.2, -0.15) is 11.8 Å². The van der Waals surface area contributed by atoms with Gasteiger partial charge in [0.05, 0.1) is 6.42 Å². The molecular formula is C16H27NO3S. The quantitative estimate of drug-likeness (QED) is 0.866. The number of hydrogen-bond acceptors (Lipinski definition) is 3. The van der Waals surface area contributed by atoms with Crippen molar-refractivity contribution < 1.29 is 14.7 Å². The number of rotatable bonds is 4. The Bertz CT molecular complexity index is 402. The molecule has 4 nitrogen and oxygen atoms in total. The van der Waals surface area contributed by atoms with Crippen LogP contribution in [0.4, 0.5) is 0 Å². The van der Waals surface area contributed by atoms with Crippen molar-refractivity contribution in [3.05, 3.63) is 0 Å². The predicted octanol–water partition coefficient (Wildman–Crippen LogP) is 3.16. The van der Waals surface area contributed by atoms with E-state index in [4.69, 9.17) is 5.11 Å². The van der Waals surface area contributed by atoms with Gasteiger partial charge in [0.1, 0.15) is 0 Å². The van der Waals surface area contributed by atoms with E-state index in [2.05, 4.69) is 13.8 Å². The molecule has 5 heteroatoms. The summed E-state index contributed by atoms with van der Waals surface area (Å²) in [5, 5.41) is 9.15. The zero-order valence-corrected chi connectivity index (χ0v) is 14.0. The van der Waals surface area contributed by atoms with Gasteiger partial charge in [-0.1, -0.05) is 26.7 Å². The lowest BCUT2D eigenvalue weighted by atomic mass is 9.79. The van der Waals surface area contributed by atoms with Crippen molar-refractivity contribution in [1.29, 1.82) is 0 Å². The van der Waals surface area contributed by atoms with Crippen molar-refractivity contribution in [3.63, 3.8) is 0 Å². The minimum Gasteiger partial charge on any atom is -0.481 e. The van der Waals surface area contributed by atoms with Crippen molar-refractivity contribution in [3.8, 4) is 0 Å². The third-order valence-electron chi connectivity index (χ3n) is 4.91. The number of nitrogens with zero attached hydrogens (tertiary/aromatic N) is 1. The van der Waals surface area contributed by atoms with Crippen molar-refractivity contribution in [2.75, 3.05) is 18.8 Å². The van der Waals surface area contributed by atoms with E-state index in [9.17, 15) is 9.59 Å². The fraction of sp³-hybridized carbons (Fsp3) is 0.875. The summed E-state index contributed by atoms with van der Waals surface area (Å²) in [6.07, 6.45) is 5.47. The number of thioether (sulfide) groups is 1. The number of carbonyl (C=O) groups excluding carboxylic acids is 1. The lowest BCUT2D eigenvalue weighted by Crippen LogP contribution is -2.37. The zero-order valence-electron chi connectivity index (χ0n) is 13.2. The molecule has 0 aromatic rings. The molecule has 120 valence electrons. The van der Waals surface area contributed by atoms with Crippen LogP contribution < -0.4 is 0 Å². The van der Waals surface area contributed by atoms with Crippen LogP contribution in [0, 0.1) is 5.41 Å². The van der Waals surface area contributed by atoms with E-state index in [0.717, 1.165) is 50.9 Å². The van der Waals surface area contributed by atoms with E-state index >= 15 is 0 Å². The van der Waals surface area contributed by atoms with Gasteiger partial charge in [-0.25, -0.2) is 0 Å². The highest BCUT2D eigenvalue weighted by molar-refractivity contribution is 8.00. The van der Waals surface area contributed by atoms with Gasteiger partial charge in [0.2, 0.25) is 5.91 Å². The molecule has 1 N–H and O–H groups in total. The van der Waals surface area contributed by atoms with Crippen LogP contribution >= 0.6 is 11.8 Å². The number of aliphatic carboxylic acids is 1. The Hall–Kier alpha value is -0.710. The van der Waals surface area contributed by atoms with Crippen LogP contribution in [0.3, 0.4) is 0 Å². The molecule has 0 spiro atoms. The predicted molar refractivity (Wildman–Crippen MR) is 85.5 cm³/mol. The third-order valence-corrected chi connectivity index (χ3v) is 6.28. The van der Waals surface area contributed by atoms with Crippen molar-refractivity contribution >= 4 is 23.6 Å². The molecule has 21 heavy (non-hydrogen) atoms. The fourth-order valence-electron chi connectivity index (χ4n) is 3.56. The Labute approximate surface area is 131 Å². The average molecular weight is 313 g/mol. The lowest BCUT2D eigenvalue weighted by Gasteiger charge is -2.30. The molecule has 0 unspecified atom stereocenters. The Morgan fingerprint density at radius 3 is 2.38 bits per heavy atom. The minimum atomic E-state index is -0.766. The minimum absolute atomic E-state index is 0.146. The van der Waals surface area contributed by atoms with Crippen molar-refractivity contribution in [2.24, 2.45) is 5.41 Å². The molecule has 2 rings (SSSR count). The molecule has 2 fully saturated rings. The van der Waals surface area contributed by atoms with E-state index in [-0.39, 0.29) is 22.5 Å². The van der Waals surface area contributed by atoms with E-state index in [1.54, 1.807) is 0 Å². The van der Waals surface area contributed by atoms with E-state index in [0.29, 0.717) is 6.42 Å². The number of amides is 1. The molecule has 0 atom stereocenters. The summed E-state index contributed by atoms with van der Waals surface area (Å²) in [4.78, 5) is 25.7. The zero-order chi connectivity index (χ0) is 15.5. The van der Waals surface area contributed by atoms with E-state index in [1.165, 1.54) is 0 Å². The smallest absolute Gasteiger partial charge is 0.303 e. The van der Waals surface area contributed by atoms with Gasteiger partial charge in [0, 0.05) is 30.0 Å². The molecule has 1 saturated heterocycles. The summed E-state index contributed by atoms with van der Waals surface area (Å²) in [7, 11) is 0. The van der Waals surface area contributed by atoms with E-state index < -0.39 is 5.97 Å². The van der Waals surface area contributed by atoms with Gasteiger partial charge in [0.25, 0.3) is 0 Å². The van der Waals surface area contributed by atoms with Gasteiger partial charge in [-0.05, 0) is 24.7 Å². The Morgan fingerprint density at radius 1 is 1.10 bits per heavy atom. The molecule has 0 aromatic heterocycles. The number of hydrogen-bond donors (Lipinski definition) is 1. The maximum atomic E-state index is 12.6. The number of carboxylic acid groups (broad SMARTS) is 1. The monoisotopic (exact) mass is 313 g/mol. The summed E-state index contributed by atoms with van der Waals surface area (Å²) in [5.74, 6) is 0.374. The Morgan fingerprint density at radius 2 is 1.76 bits per heavy atom. The SMILES string of the molecule is CC1(C)CCN(C(=O)CC2(CC(=O)O)CCCC2)CCS1. The maximum Gasteiger partial charge on any atom is 0.303 e. The molecule has 0 bridgehead atoms. The van der Waals surface area contributed by atoms with Crippen LogP contribution in [0.25, 0.3) is 0 Å². The maximum absolute atomic E-state index is 12.6. The summed E-state index contributed by atoms with van der Waals surface area (Å²) in [6, 6.07) is 0. The molecule has 0 radical (unpaired) electrons.